The number of carbonyl (C=O) groups excluding carboxylic acids is 1. The van der Waals surface area contributed by atoms with E-state index in [-0.39, 0.29) is 18.2 Å². The molecule has 0 bridgehead atoms. The van der Waals surface area contributed by atoms with Gasteiger partial charge in [0, 0.05) is 37.3 Å². The highest BCUT2D eigenvalue weighted by Gasteiger charge is 2.28. The zero-order chi connectivity index (χ0) is 14.1. The van der Waals surface area contributed by atoms with Gasteiger partial charge in [-0.2, -0.15) is 0 Å². The number of hydrogen-bond acceptors (Lipinski definition) is 3. The third-order valence-corrected chi connectivity index (χ3v) is 3.59. The van der Waals surface area contributed by atoms with E-state index in [9.17, 15) is 4.79 Å². The molecular formula is C17H18ClNO2. The van der Waals surface area contributed by atoms with Gasteiger partial charge in [-0.3, -0.25) is 4.79 Å². The molecule has 0 saturated carbocycles. The Labute approximate surface area is 130 Å². The van der Waals surface area contributed by atoms with Crippen molar-refractivity contribution in [2.75, 3.05) is 19.0 Å². The van der Waals surface area contributed by atoms with Crippen LogP contribution in [-0.2, 0) is 11.2 Å². The first-order valence-corrected chi connectivity index (χ1v) is 6.70. The fraction of sp³-hybridized carbons (Fsp3) is 0.235. The van der Waals surface area contributed by atoms with Crippen molar-refractivity contribution in [3.63, 3.8) is 0 Å². The number of fused-ring (bicyclic) bond motifs is 1. The van der Waals surface area contributed by atoms with Crippen LogP contribution in [0.2, 0.25) is 0 Å². The Hall–Kier alpha value is -2.00. The van der Waals surface area contributed by atoms with E-state index in [2.05, 4.69) is 0 Å². The summed E-state index contributed by atoms with van der Waals surface area (Å²) in [6.45, 7) is 0. The van der Waals surface area contributed by atoms with Gasteiger partial charge in [-0.25, -0.2) is 0 Å². The lowest BCUT2D eigenvalue weighted by Crippen LogP contribution is -2.25. The van der Waals surface area contributed by atoms with E-state index >= 15 is 0 Å². The third-order valence-electron chi connectivity index (χ3n) is 3.59. The first-order chi connectivity index (χ1) is 9.65. The zero-order valence-electron chi connectivity index (χ0n) is 12.1. The maximum atomic E-state index is 12.2. The standard InChI is InChI=1S/C17H17NO2.ClH/c1-18(2)14-9-7-12(8-10-14)17-15(19)11-13-5-3-4-6-16(13)20-17;/h3-10,17H,11H2,1-2H3;1H. The van der Waals surface area contributed by atoms with Gasteiger partial charge in [0.2, 0.25) is 0 Å². The third kappa shape index (κ3) is 3.03. The summed E-state index contributed by atoms with van der Waals surface area (Å²) in [6.07, 6.45) is -0.0443. The van der Waals surface area contributed by atoms with E-state index in [1.165, 1.54) is 0 Å². The van der Waals surface area contributed by atoms with Gasteiger partial charge in [0.1, 0.15) is 5.75 Å². The zero-order valence-corrected chi connectivity index (χ0v) is 12.9. The van der Waals surface area contributed by atoms with Crippen molar-refractivity contribution in [1.82, 2.24) is 0 Å². The van der Waals surface area contributed by atoms with Crippen molar-refractivity contribution in [3.05, 3.63) is 59.7 Å². The van der Waals surface area contributed by atoms with Crippen LogP contribution in [0.4, 0.5) is 5.69 Å². The molecule has 1 aliphatic rings. The smallest absolute Gasteiger partial charge is 0.182 e. The van der Waals surface area contributed by atoms with Crippen molar-refractivity contribution in [1.29, 1.82) is 0 Å². The molecule has 1 atom stereocenters. The summed E-state index contributed by atoms with van der Waals surface area (Å²) >= 11 is 0. The number of para-hydroxylation sites is 1. The minimum Gasteiger partial charge on any atom is -0.478 e. The van der Waals surface area contributed by atoms with Crippen LogP contribution >= 0.6 is 12.4 Å². The van der Waals surface area contributed by atoms with Crippen molar-refractivity contribution in [2.24, 2.45) is 0 Å². The van der Waals surface area contributed by atoms with Gasteiger partial charge in [-0.15, -0.1) is 12.4 Å². The van der Waals surface area contributed by atoms with Crippen LogP contribution in [0.1, 0.15) is 17.2 Å². The number of ketones is 1. The average Bonchev–Trinajstić information content (AvgIpc) is 2.46. The van der Waals surface area contributed by atoms with E-state index in [1.807, 2.05) is 67.5 Å². The summed E-state index contributed by atoms with van der Waals surface area (Å²) in [5.41, 5.74) is 2.99. The second-order valence-electron chi connectivity index (χ2n) is 5.23. The number of halogens is 1. The Bertz CT molecular complexity index is 637. The number of hydrogen-bond donors (Lipinski definition) is 0. The molecule has 0 saturated heterocycles. The van der Waals surface area contributed by atoms with E-state index in [0.29, 0.717) is 6.42 Å². The number of benzene rings is 2. The Kier molecular flexibility index (Phi) is 4.53. The highest BCUT2D eigenvalue weighted by atomic mass is 35.5. The molecule has 110 valence electrons. The van der Waals surface area contributed by atoms with Crippen LogP contribution in [0.5, 0.6) is 5.75 Å². The summed E-state index contributed by atoms with van der Waals surface area (Å²) in [6, 6.07) is 15.7. The molecule has 1 aliphatic heterocycles. The molecular weight excluding hydrogens is 286 g/mol. The molecule has 0 aliphatic carbocycles. The average molecular weight is 304 g/mol. The fourth-order valence-corrected chi connectivity index (χ4v) is 2.44. The molecule has 0 N–H and O–H groups in total. The molecule has 1 unspecified atom stereocenters. The predicted octanol–water partition coefficient (Wildman–Crippen LogP) is 3.42. The number of anilines is 1. The summed E-state index contributed by atoms with van der Waals surface area (Å²) in [5, 5.41) is 0. The maximum Gasteiger partial charge on any atom is 0.182 e. The normalized spacial score (nSPS) is 16.5. The molecule has 2 aromatic carbocycles. The van der Waals surface area contributed by atoms with E-state index in [0.717, 1.165) is 22.6 Å². The number of carbonyl (C=O) groups is 1. The molecule has 21 heavy (non-hydrogen) atoms. The first kappa shape index (κ1) is 15.4. The molecule has 0 spiro atoms. The highest BCUT2D eigenvalue weighted by molar-refractivity contribution is 5.88. The topological polar surface area (TPSA) is 29.5 Å². The Morgan fingerprint density at radius 3 is 2.38 bits per heavy atom. The van der Waals surface area contributed by atoms with Gasteiger partial charge >= 0.3 is 0 Å². The predicted molar refractivity (Wildman–Crippen MR) is 86.5 cm³/mol. The van der Waals surface area contributed by atoms with Crippen molar-refractivity contribution in [2.45, 2.75) is 12.5 Å². The molecule has 0 amide bonds. The molecule has 0 fully saturated rings. The van der Waals surface area contributed by atoms with Crippen LogP contribution < -0.4 is 9.64 Å². The van der Waals surface area contributed by atoms with E-state index < -0.39 is 6.10 Å². The lowest BCUT2D eigenvalue weighted by molar-refractivity contribution is -0.126. The maximum absolute atomic E-state index is 12.2. The lowest BCUT2D eigenvalue weighted by Gasteiger charge is -2.25. The van der Waals surface area contributed by atoms with Crippen LogP contribution in [0.3, 0.4) is 0 Å². The van der Waals surface area contributed by atoms with Gasteiger partial charge in [-0.1, -0.05) is 30.3 Å². The summed E-state index contributed by atoms with van der Waals surface area (Å²) in [4.78, 5) is 14.3. The second-order valence-corrected chi connectivity index (χ2v) is 5.23. The number of Topliss-reactive ketones (excluding diaryl/α,β-unsaturated/α-hetero) is 1. The highest BCUT2D eigenvalue weighted by Crippen LogP contribution is 2.33. The number of nitrogens with zero attached hydrogens (tertiary/aromatic N) is 1. The van der Waals surface area contributed by atoms with Crippen molar-refractivity contribution in [3.8, 4) is 5.75 Å². The molecule has 1 heterocycles. The van der Waals surface area contributed by atoms with Gasteiger partial charge in [-0.05, 0) is 18.2 Å². The molecule has 3 nitrogen and oxygen atoms in total. The van der Waals surface area contributed by atoms with Crippen LogP contribution in [-0.4, -0.2) is 19.9 Å². The molecule has 4 heteroatoms. The summed E-state index contributed by atoms with van der Waals surface area (Å²) < 4.78 is 5.87. The van der Waals surface area contributed by atoms with Gasteiger partial charge < -0.3 is 9.64 Å². The molecule has 2 aromatic rings. The largest absolute Gasteiger partial charge is 0.478 e. The molecule has 0 radical (unpaired) electrons. The fourth-order valence-electron chi connectivity index (χ4n) is 2.44. The number of rotatable bonds is 2. The minimum absolute atomic E-state index is 0. The SMILES string of the molecule is CN(C)c1ccc(C2Oc3ccccc3CC2=O)cc1.Cl. The van der Waals surface area contributed by atoms with Crippen LogP contribution in [0.15, 0.2) is 48.5 Å². The molecule has 3 rings (SSSR count). The first-order valence-electron chi connectivity index (χ1n) is 6.70. The summed E-state index contributed by atoms with van der Waals surface area (Å²) in [7, 11) is 3.99. The Morgan fingerprint density at radius 1 is 1.05 bits per heavy atom. The number of ether oxygens (including phenoxy) is 1. The Morgan fingerprint density at radius 2 is 1.71 bits per heavy atom. The van der Waals surface area contributed by atoms with Gasteiger partial charge in [0.25, 0.3) is 0 Å². The lowest BCUT2D eigenvalue weighted by atomic mass is 9.96. The summed E-state index contributed by atoms with van der Waals surface area (Å²) in [5.74, 6) is 0.926. The quantitative estimate of drug-likeness (QED) is 0.851. The monoisotopic (exact) mass is 303 g/mol. The Balaban J connectivity index is 0.00000161. The minimum atomic E-state index is -0.485. The van der Waals surface area contributed by atoms with E-state index in [1.54, 1.807) is 0 Å². The van der Waals surface area contributed by atoms with Crippen LogP contribution in [0, 0.1) is 0 Å². The van der Waals surface area contributed by atoms with Crippen molar-refractivity contribution >= 4 is 23.9 Å². The van der Waals surface area contributed by atoms with E-state index in [4.69, 9.17) is 4.74 Å². The second kappa shape index (κ2) is 6.19. The van der Waals surface area contributed by atoms with Crippen LogP contribution in [0.25, 0.3) is 0 Å². The molecule has 0 aromatic heterocycles. The van der Waals surface area contributed by atoms with Gasteiger partial charge in [0.15, 0.2) is 11.9 Å². The van der Waals surface area contributed by atoms with Gasteiger partial charge in [0.05, 0.1) is 0 Å². The van der Waals surface area contributed by atoms with Crippen molar-refractivity contribution < 1.29 is 9.53 Å².